The van der Waals surface area contributed by atoms with E-state index in [1.54, 1.807) is 13.8 Å². The van der Waals surface area contributed by atoms with Crippen molar-refractivity contribution in [1.82, 2.24) is 0 Å². The zero-order valence-corrected chi connectivity index (χ0v) is 7.71. The molecule has 0 fully saturated rings. The lowest BCUT2D eigenvalue weighted by atomic mass is 10.00. The Hall–Kier alpha value is -0.890. The van der Waals surface area contributed by atoms with Crippen LogP contribution in [-0.4, -0.2) is 17.0 Å². The van der Waals surface area contributed by atoms with E-state index < -0.39 is 5.60 Å². The molecule has 0 aliphatic rings. The summed E-state index contributed by atoms with van der Waals surface area (Å²) in [6.07, 6.45) is 5.43. The minimum Gasteiger partial charge on any atom is -0.386 e. The second-order valence-corrected chi connectivity index (χ2v) is 3.17. The number of rotatable bonds is 5. The Morgan fingerprint density at radius 2 is 2.25 bits per heavy atom. The van der Waals surface area contributed by atoms with Crippen molar-refractivity contribution in [1.29, 1.82) is 0 Å². The van der Waals surface area contributed by atoms with Gasteiger partial charge in [0.1, 0.15) is 6.29 Å². The summed E-state index contributed by atoms with van der Waals surface area (Å²) in [4.78, 5) is 10.2. The zero-order valence-electron chi connectivity index (χ0n) is 7.71. The van der Waals surface area contributed by atoms with Crippen LogP contribution in [0.25, 0.3) is 0 Å². The molecular weight excluding hydrogens is 152 g/mol. The van der Waals surface area contributed by atoms with Crippen LogP contribution in [0.4, 0.5) is 0 Å². The maximum Gasteiger partial charge on any atom is 0.145 e. The second-order valence-electron chi connectivity index (χ2n) is 3.17. The number of hydrogen-bond donors (Lipinski definition) is 1. The topological polar surface area (TPSA) is 37.3 Å². The Balaban J connectivity index is 3.84. The van der Waals surface area contributed by atoms with Crippen LogP contribution in [0, 0.1) is 0 Å². The Morgan fingerprint density at radius 1 is 1.67 bits per heavy atom. The Morgan fingerprint density at radius 3 is 2.67 bits per heavy atom. The van der Waals surface area contributed by atoms with Crippen LogP contribution >= 0.6 is 0 Å². The molecule has 0 bridgehead atoms. The maximum atomic E-state index is 10.2. The molecule has 0 saturated heterocycles. The van der Waals surface area contributed by atoms with Crippen LogP contribution < -0.4 is 0 Å². The lowest BCUT2D eigenvalue weighted by Gasteiger charge is -2.16. The first-order valence-corrected chi connectivity index (χ1v) is 4.00. The van der Waals surface area contributed by atoms with Crippen molar-refractivity contribution < 1.29 is 9.90 Å². The smallest absolute Gasteiger partial charge is 0.145 e. The van der Waals surface area contributed by atoms with E-state index in [4.69, 9.17) is 0 Å². The fourth-order valence-corrected chi connectivity index (χ4v) is 0.742. The van der Waals surface area contributed by atoms with Crippen molar-refractivity contribution in [3.63, 3.8) is 0 Å². The normalized spacial score (nSPS) is 16.8. The Bertz CT molecular complexity index is 190. The van der Waals surface area contributed by atoms with Gasteiger partial charge in [0.2, 0.25) is 0 Å². The highest BCUT2D eigenvalue weighted by atomic mass is 16.3. The number of allylic oxidation sites excluding steroid dienone is 2. The molecule has 2 nitrogen and oxygen atoms in total. The van der Waals surface area contributed by atoms with Gasteiger partial charge in [0.25, 0.3) is 0 Å². The lowest BCUT2D eigenvalue weighted by molar-refractivity contribution is -0.104. The molecule has 0 spiro atoms. The summed E-state index contributed by atoms with van der Waals surface area (Å²) in [5, 5.41) is 9.47. The summed E-state index contributed by atoms with van der Waals surface area (Å²) in [5.74, 6) is 0. The molecule has 0 radical (unpaired) electrons. The van der Waals surface area contributed by atoms with E-state index in [2.05, 4.69) is 6.58 Å². The van der Waals surface area contributed by atoms with Crippen molar-refractivity contribution in [2.45, 2.75) is 32.3 Å². The van der Waals surface area contributed by atoms with Gasteiger partial charge in [0.05, 0.1) is 5.60 Å². The summed E-state index contributed by atoms with van der Waals surface area (Å²) >= 11 is 0. The summed E-state index contributed by atoms with van der Waals surface area (Å²) < 4.78 is 0. The third kappa shape index (κ3) is 4.85. The van der Waals surface area contributed by atoms with Crippen LogP contribution in [0.15, 0.2) is 24.3 Å². The third-order valence-corrected chi connectivity index (χ3v) is 1.74. The SMILES string of the molecule is C=CC(C)(O)CCC=C(C)C=O. The predicted molar refractivity (Wildman–Crippen MR) is 49.9 cm³/mol. The molecule has 0 aromatic rings. The van der Waals surface area contributed by atoms with Crippen LogP contribution in [-0.2, 0) is 4.79 Å². The first-order valence-electron chi connectivity index (χ1n) is 4.00. The fraction of sp³-hybridized carbons (Fsp3) is 0.500. The van der Waals surface area contributed by atoms with Crippen molar-refractivity contribution in [3.8, 4) is 0 Å². The molecule has 0 rings (SSSR count). The summed E-state index contributed by atoms with van der Waals surface area (Å²) in [5.41, 5.74) is -0.116. The van der Waals surface area contributed by atoms with Gasteiger partial charge in [0.15, 0.2) is 0 Å². The number of hydrogen-bond acceptors (Lipinski definition) is 2. The van der Waals surface area contributed by atoms with Crippen molar-refractivity contribution in [3.05, 3.63) is 24.3 Å². The van der Waals surface area contributed by atoms with Gasteiger partial charge in [-0.2, -0.15) is 0 Å². The average molecular weight is 168 g/mol. The molecule has 1 atom stereocenters. The number of carbonyl (C=O) groups excluding carboxylic acids is 1. The van der Waals surface area contributed by atoms with Crippen LogP contribution in [0.3, 0.4) is 0 Å². The highest BCUT2D eigenvalue weighted by Gasteiger charge is 2.12. The van der Waals surface area contributed by atoms with Gasteiger partial charge in [-0.3, -0.25) is 4.79 Å². The molecule has 0 heterocycles. The van der Waals surface area contributed by atoms with E-state index >= 15 is 0 Å². The number of carbonyl (C=O) groups is 1. The average Bonchev–Trinajstić information content (AvgIpc) is 2.04. The molecule has 0 aromatic heterocycles. The standard InChI is InChI=1S/C10H16O2/c1-4-10(3,12)7-5-6-9(2)8-11/h4,6,8,12H,1,5,7H2,2-3H3. The van der Waals surface area contributed by atoms with E-state index in [0.717, 1.165) is 6.29 Å². The van der Waals surface area contributed by atoms with Crippen LogP contribution in [0.2, 0.25) is 0 Å². The Labute approximate surface area is 73.6 Å². The van der Waals surface area contributed by atoms with E-state index in [0.29, 0.717) is 18.4 Å². The van der Waals surface area contributed by atoms with E-state index in [9.17, 15) is 9.90 Å². The fourth-order valence-electron chi connectivity index (χ4n) is 0.742. The second kappa shape index (κ2) is 4.88. The van der Waals surface area contributed by atoms with Gasteiger partial charge in [-0.05, 0) is 32.3 Å². The van der Waals surface area contributed by atoms with Crippen molar-refractivity contribution >= 4 is 6.29 Å². The van der Waals surface area contributed by atoms with Gasteiger partial charge in [0, 0.05) is 0 Å². The highest BCUT2D eigenvalue weighted by molar-refractivity contribution is 5.71. The molecule has 1 unspecified atom stereocenters. The Kier molecular flexibility index (Phi) is 4.52. The summed E-state index contributed by atoms with van der Waals surface area (Å²) in [6.45, 7) is 6.95. The summed E-state index contributed by atoms with van der Waals surface area (Å²) in [6, 6.07) is 0. The van der Waals surface area contributed by atoms with Crippen LogP contribution in [0.1, 0.15) is 26.7 Å². The molecule has 0 saturated carbocycles. The number of aliphatic hydroxyl groups is 1. The van der Waals surface area contributed by atoms with Gasteiger partial charge in [-0.15, -0.1) is 6.58 Å². The first kappa shape index (κ1) is 11.1. The predicted octanol–water partition coefficient (Wildman–Crippen LogP) is 1.85. The monoisotopic (exact) mass is 168 g/mol. The summed E-state index contributed by atoms with van der Waals surface area (Å²) in [7, 11) is 0. The molecule has 2 heteroatoms. The minimum atomic E-state index is -0.820. The maximum absolute atomic E-state index is 10.2. The van der Waals surface area contributed by atoms with Gasteiger partial charge in [-0.1, -0.05) is 12.2 Å². The molecule has 0 amide bonds. The molecule has 0 aliphatic heterocycles. The molecule has 0 aromatic carbocycles. The highest BCUT2D eigenvalue weighted by Crippen LogP contribution is 2.13. The van der Waals surface area contributed by atoms with Gasteiger partial charge < -0.3 is 5.11 Å². The molecule has 68 valence electrons. The van der Waals surface area contributed by atoms with Gasteiger partial charge in [-0.25, -0.2) is 0 Å². The van der Waals surface area contributed by atoms with E-state index in [-0.39, 0.29) is 0 Å². The van der Waals surface area contributed by atoms with Crippen LogP contribution in [0.5, 0.6) is 0 Å². The van der Waals surface area contributed by atoms with Gasteiger partial charge >= 0.3 is 0 Å². The van der Waals surface area contributed by atoms with E-state index in [1.807, 2.05) is 6.08 Å². The zero-order chi connectivity index (χ0) is 9.61. The lowest BCUT2D eigenvalue weighted by Crippen LogP contribution is -2.19. The molecule has 1 N–H and O–H groups in total. The first-order chi connectivity index (χ1) is 5.52. The number of aldehydes is 1. The largest absolute Gasteiger partial charge is 0.386 e. The van der Waals surface area contributed by atoms with E-state index in [1.165, 1.54) is 6.08 Å². The quantitative estimate of drug-likeness (QED) is 0.386. The molecular formula is C10H16O2. The van der Waals surface area contributed by atoms with Crippen molar-refractivity contribution in [2.75, 3.05) is 0 Å². The molecule has 12 heavy (non-hydrogen) atoms. The van der Waals surface area contributed by atoms with Crippen molar-refractivity contribution in [2.24, 2.45) is 0 Å². The minimum absolute atomic E-state index is 0.599. The third-order valence-electron chi connectivity index (χ3n) is 1.74. The molecule has 0 aliphatic carbocycles.